The number of nitrogens with one attached hydrogen (secondary N) is 2. The van der Waals surface area contributed by atoms with Crippen LogP contribution in [0.1, 0.15) is 37.2 Å². The number of carbonyl (C=O) groups excluding carboxylic acids is 3. The second kappa shape index (κ2) is 8.07. The van der Waals surface area contributed by atoms with Crippen LogP contribution in [0.5, 0.6) is 0 Å². The molecule has 1 fully saturated rings. The smallest absolute Gasteiger partial charge is 0.287 e. The second-order valence-electron chi connectivity index (χ2n) is 6.86. The summed E-state index contributed by atoms with van der Waals surface area (Å²) in [5.74, 6) is -0.639. The van der Waals surface area contributed by atoms with Gasteiger partial charge in [-0.15, -0.1) is 0 Å². The lowest BCUT2D eigenvalue weighted by Gasteiger charge is -2.22. The van der Waals surface area contributed by atoms with Crippen LogP contribution in [-0.4, -0.2) is 30.3 Å². The van der Waals surface area contributed by atoms with Crippen LogP contribution in [0.15, 0.2) is 47.1 Å². The maximum Gasteiger partial charge on any atom is 0.287 e. The Kier molecular flexibility index (Phi) is 5.59. The third-order valence-electron chi connectivity index (χ3n) is 4.48. The molecule has 2 N–H and O–H groups in total. The van der Waals surface area contributed by atoms with E-state index >= 15 is 0 Å². The standard InChI is InChI=1S/C20H23N3O4/c1-13(2)18(22-19(25)16-8-5-11-27-16)20(26)21-14-6-3-7-15(12-14)23-10-4-9-17(23)24/h3,5-8,11-13,18H,4,9-10H2,1-2H3,(H,21,26)(H,22,25)/t18-/m1/s1. The van der Waals surface area contributed by atoms with Gasteiger partial charge in [-0.2, -0.15) is 0 Å². The van der Waals surface area contributed by atoms with Crippen LogP contribution in [0, 0.1) is 5.92 Å². The van der Waals surface area contributed by atoms with E-state index in [0.717, 1.165) is 12.1 Å². The molecule has 0 bridgehead atoms. The van der Waals surface area contributed by atoms with E-state index in [-0.39, 0.29) is 23.5 Å². The minimum atomic E-state index is -0.723. The predicted octanol–water partition coefficient (Wildman–Crippen LogP) is 2.80. The molecule has 7 heteroatoms. The Morgan fingerprint density at radius 3 is 2.63 bits per heavy atom. The molecule has 1 aromatic carbocycles. The Labute approximate surface area is 157 Å². The quantitative estimate of drug-likeness (QED) is 0.819. The average Bonchev–Trinajstić information content (AvgIpc) is 3.31. The topological polar surface area (TPSA) is 91.7 Å². The Morgan fingerprint density at radius 2 is 2.00 bits per heavy atom. The van der Waals surface area contributed by atoms with Crippen LogP contribution in [0.4, 0.5) is 11.4 Å². The van der Waals surface area contributed by atoms with Gasteiger partial charge < -0.3 is 20.0 Å². The van der Waals surface area contributed by atoms with Gasteiger partial charge in [-0.25, -0.2) is 0 Å². The molecule has 0 aliphatic carbocycles. The number of nitrogens with zero attached hydrogens (tertiary/aromatic N) is 1. The van der Waals surface area contributed by atoms with Gasteiger partial charge in [-0.05, 0) is 42.7 Å². The van der Waals surface area contributed by atoms with Gasteiger partial charge in [0, 0.05) is 24.3 Å². The molecule has 3 amide bonds. The van der Waals surface area contributed by atoms with Crippen molar-refractivity contribution in [1.29, 1.82) is 0 Å². The summed E-state index contributed by atoms with van der Waals surface area (Å²) >= 11 is 0. The van der Waals surface area contributed by atoms with E-state index in [1.165, 1.54) is 6.26 Å². The monoisotopic (exact) mass is 369 g/mol. The highest BCUT2D eigenvalue weighted by atomic mass is 16.3. The number of hydrogen-bond donors (Lipinski definition) is 2. The van der Waals surface area contributed by atoms with E-state index < -0.39 is 11.9 Å². The number of benzene rings is 1. The van der Waals surface area contributed by atoms with Crippen LogP contribution in [0.2, 0.25) is 0 Å². The van der Waals surface area contributed by atoms with E-state index in [1.54, 1.807) is 35.2 Å². The number of furan rings is 1. The highest BCUT2D eigenvalue weighted by molar-refractivity contribution is 6.01. The molecular weight excluding hydrogens is 346 g/mol. The minimum Gasteiger partial charge on any atom is -0.459 e. The fourth-order valence-electron chi connectivity index (χ4n) is 3.05. The van der Waals surface area contributed by atoms with Gasteiger partial charge in [0.2, 0.25) is 11.8 Å². The van der Waals surface area contributed by atoms with E-state index in [4.69, 9.17) is 4.42 Å². The molecule has 0 radical (unpaired) electrons. The zero-order valence-corrected chi connectivity index (χ0v) is 15.4. The van der Waals surface area contributed by atoms with Gasteiger partial charge in [0.05, 0.1) is 6.26 Å². The third kappa shape index (κ3) is 4.36. The van der Waals surface area contributed by atoms with Crippen LogP contribution < -0.4 is 15.5 Å². The summed E-state index contributed by atoms with van der Waals surface area (Å²) in [5.41, 5.74) is 1.34. The number of carbonyl (C=O) groups is 3. The van der Waals surface area contributed by atoms with Crippen LogP contribution in [0.25, 0.3) is 0 Å². The van der Waals surface area contributed by atoms with Crippen molar-refractivity contribution in [3.05, 3.63) is 48.4 Å². The Bertz CT molecular complexity index is 830. The summed E-state index contributed by atoms with van der Waals surface area (Å²) in [6.45, 7) is 4.39. The SMILES string of the molecule is CC(C)[C@@H](NC(=O)c1ccco1)C(=O)Nc1cccc(N2CCCC2=O)c1. The molecule has 1 aliphatic heterocycles. The number of amides is 3. The molecule has 7 nitrogen and oxygen atoms in total. The third-order valence-corrected chi connectivity index (χ3v) is 4.48. The molecule has 1 saturated heterocycles. The fraction of sp³-hybridized carbons (Fsp3) is 0.350. The number of hydrogen-bond acceptors (Lipinski definition) is 4. The lowest BCUT2D eigenvalue weighted by Crippen LogP contribution is -2.47. The van der Waals surface area contributed by atoms with Crippen LogP contribution >= 0.6 is 0 Å². The molecule has 2 heterocycles. The van der Waals surface area contributed by atoms with E-state index in [9.17, 15) is 14.4 Å². The molecule has 1 aromatic heterocycles. The first kappa shape index (κ1) is 18.7. The molecule has 27 heavy (non-hydrogen) atoms. The summed E-state index contributed by atoms with van der Waals surface area (Å²) < 4.78 is 5.08. The van der Waals surface area contributed by atoms with E-state index in [0.29, 0.717) is 18.7 Å². The van der Waals surface area contributed by atoms with Crippen molar-refractivity contribution in [2.75, 3.05) is 16.8 Å². The van der Waals surface area contributed by atoms with Crippen molar-refractivity contribution < 1.29 is 18.8 Å². The van der Waals surface area contributed by atoms with Crippen molar-refractivity contribution in [3.8, 4) is 0 Å². The maximum absolute atomic E-state index is 12.7. The Hall–Kier alpha value is -3.09. The summed E-state index contributed by atoms with van der Waals surface area (Å²) in [7, 11) is 0. The fourth-order valence-corrected chi connectivity index (χ4v) is 3.05. The molecule has 142 valence electrons. The maximum atomic E-state index is 12.7. The van der Waals surface area contributed by atoms with E-state index in [1.807, 2.05) is 19.9 Å². The number of anilines is 2. The summed E-state index contributed by atoms with van der Waals surface area (Å²) in [5, 5.41) is 5.54. The van der Waals surface area contributed by atoms with Crippen molar-refractivity contribution in [1.82, 2.24) is 5.32 Å². The molecule has 1 atom stereocenters. The molecular formula is C20H23N3O4. The van der Waals surface area contributed by atoms with E-state index in [2.05, 4.69) is 10.6 Å². The van der Waals surface area contributed by atoms with Gasteiger partial charge >= 0.3 is 0 Å². The average molecular weight is 369 g/mol. The first-order chi connectivity index (χ1) is 13.0. The van der Waals surface area contributed by atoms with Crippen molar-refractivity contribution in [3.63, 3.8) is 0 Å². The molecule has 2 aromatic rings. The molecule has 3 rings (SSSR count). The number of rotatable bonds is 6. The minimum absolute atomic E-state index is 0.0873. The molecule has 0 unspecified atom stereocenters. The second-order valence-corrected chi connectivity index (χ2v) is 6.86. The summed E-state index contributed by atoms with van der Waals surface area (Å²) in [4.78, 5) is 38.6. The first-order valence-corrected chi connectivity index (χ1v) is 9.01. The van der Waals surface area contributed by atoms with Crippen LogP contribution in [0.3, 0.4) is 0 Å². The Balaban J connectivity index is 1.70. The Morgan fingerprint density at radius 1 is 1.19 bits per heavy atom. The highest BCUT2D eigenvalue weighted by Gasteiger charge is 2.26. The van der Waals surface area contributed by atoms with Gasteiger partial charge in [-0.1, -0.05) is 19.9 Å². The largest absolute Gasteiger partial charge is 0.459 e. The molecule has 0 spiro atoms. The van der Waals surface area contributed by atoms with Crippen LogP contribution in [-0.2, 0) is 9.59 Å². The lowest BCUT2D eigenvalue weighted by atomic mass is 10.0. The molecule has 1 aliphatic rings. The van der Waals surface area contributed by atoms with Crippen molar-refractivity contribution in [2.24, 2.45) is 5.92 Å². The highest BCUT2D eigenvalue weighted by Crippen LogP contribution is 2.24. The molecule has 0 saturated carbocycles. The van der Waals surface area contributed by atoms with Gasteiger partial charge in [-0.3, -0.25) is 14.4 Å². The summed E-state index contributed by atoms with van der Waals surface area (Å²) in [6, 6.07) is 9.60. The lowest BCUT2D eigenvalue weighted by molar-refractivity contribution is -0.119. The van der Waals surface area contributed by atoms with Crippen molar-refractivity contribution >= 4 is 29.1 Å². The van der Waals surface area contributed by atoms with Gasteiger partial charge in [0.1, 0.15) is 6.04 Å². The summed E-state index contributed by atoms with van der Waals surface area (Å²) in [6.07, 6.45) is 2.79. The predicted molar refractivity (Wildman–Crippen MR) is 101 cm³/mol. The van der Waals surface area contributed by atoms with Gasteiger partial charge in [0.15, 0.2) is 5.76 Å². The first-order valence-electron chi connectivity index (χ1n) is 9.01. The zero-order valence-electron chi connectivity index (χ0n) is 15.4. The normalized spacial score (nSPS) is 15.1. The van der Waals surface area contributed by atoms with Gasteiger partial charge in [0.25, 0.3) is 5.91 Å². The van der Waals surface area contributed by atoms with Crippen molar-refractivity contribution in [2.45, 2.75) is 32.7 Å². The zero-order chi connectivity index (χ0) is 19.4.